The molecule has 0 radical (unpaired) electrons. The monoisotopic (exact) mass is 326 g/mol. The van der Waals surface area contributed by atoms with E-state index in [0.717, 1.165) is 42.8 Å². The molecule has 2 bridgehead atoms. The van der Waals surface area contributed by atoms with E-state index in [4.69, 9.17) is 0 Å². The van der Waals surface area contributed by atoms with E-state index >= 15 is 0 Å². The van der Waals surface area contributed by atoms with Gasteiger partial charge in [-0.2, -0.15) is 5.10 Å². The molecule has 3 rings (SSSR count). The summed E-state index contributed by atoms with van der Waals surface area (Å²) in [4.78, 5) is 12.6. The standard InChI is InChI=1S/C16H26N4O.ClH/c1-4-7-20-11(3)15(10(2)19-20)16(21)18-14-8-12-5-6-13(9-14)17-12;/h12-14,17H,4-9H2,1-3H3,(H,18,21);1H. The van der Waals surface area contributed by atoms with Gasteiger partial charge in [0, 0.05) is 30.4 Å². The van der Waals surface area contributed by atoms with Crippen molar-refractivity contribution in [3.63, 3.8) is 0 Å². The Morgan fingerprint density at radius 2 is 1.95 bits per heavy atom. The molecule has 22 heavy (non-hydrogen) atoms. The molecular formula is C16H27ClN4O. The molecule has 124 valence electrons. The van der Waals surface area contributed by atoms with E-state index in [1.807, 2.05) is 18.5 Å². The van der Waals surface area contributed by atoms with Gasteiger partial charge in [-0.05, 0) is 46.0 Å². The molecule has 0 aliphatic carbocycles. The first-order valence-electron chi connectivity index (χ1n) is 8.19. The number of piperidine rings is 1. The molecule has 1 aromatic rings. The van der Waals surface area contributed by atoms with E-state index in [1.54, 1.807) is 0 Å². The third-order valence-electron chi connectivity index (χ3n) is 4.85. The molecule has 2 saturated heterocycles. The Hall–Kier alpha value is -1.07. The highest BCUT2D eigenvalue weighted by Gasteiger charge is 2.34. The fourth-order valence-electron chi connectivity index (χ4n) is 3.89. The Morgan fingerprint density at radius 1 is 1.32 bits per heavy atom. The minimum atomic E-state index is 0. The van der Waals surface area contributed by atoms with Crippen LogP contribution in [0.4, 0.5) is 0 Å². The van der Waals surface area contributed by atoms with Gasteiger partial charge < -0.3 is 10.6 Å². The number of fused-ring (bicyclic) bond motifs is 2. The maximum atomic E-state index is 12.6. The van der Waals surface area contributed by atoms with Gasteiger partial charge in [-0.1, -0.05) is 6.92 Å². The molecule has 1 aromatic heterocycles. The summed E-state index contributed by atoms with van der Waals surface area (Å²) in [5, 5.41) is 11.3. The van der Waals surface area contributed by atoms with Gasteiger partial charge in [-0.3, -0.25) is 9.48 Å². The van der Waals surface area contributed by atoms with Gasteiger partial charge in [-0.25, -0.2) is 0 Å². The van der Waals surface area contributed by atoms with E-state index < -0.39 is 0 Å². The number of halogens is 1. The molecule has 2 atom stereocenters. The lowest BCUT2D eigenvalue weighted by atomic mass is 9.99. The van der Waals surface area contributed by atoms with Crippen LogP contribution in [0.3, 0.4) is 0 Å². The van der Waals surface area contributed by atoms with Crippen LogP contribution in [0.25, 0.3) is 0 Å². The summed E-state index contributed by atoms with van der Waals surface area (Å²) in [6.45, 7) is 6.93. The Balaban J connectivity index is 0.00000176. The number of aryl methyl sites for hydroxylation is 2. The van der Waals surface area contributed by atoms with E-state index in [2.05, 4.69) is 22.7 Å². The van der Waals surface area contributed by atoms with Gasteiger partial charge in [-0.15, -0.1) is 12.4 Å². The Labute approximate surface area is 138 Å². The average molecular weight is 327 g/mol. The van der Waals surface area contributed by atoms with Crippen molar-refractivity contribution in [3.8, 4) is 0 Å². The molecule has 1 amide bonds. The summed E-state index contributed by atoms with van der Waals surface area (Å²) < 4.78 is 1.95. The van der Waals surface area contributed by atoms with Crippen molar-refractivity contribution in [1.29, 1.82) is 0 Å². The van der Waals surface area contributed by atoms with E-state index in [9.17, 15) is 4.79 Å². The number of nitrogens with one attached hydrogen (secondary N) is 2. The maximum absolute atomic E-state index is 12.6. The lowest BCUT2D eigenvalue weighted by Crippen LogP contribution is -2.48. The van der Waals surface area contributed by atoms with E-state index in [-0.39, 0.29) is 18.3 Å². The third-order valence-corrected chi connectivity index (χ3v) is 4.85. The molecule has 3 heterocycles. The first kappa shape index (κ1) is 17.3. The summed E-state index contributed by atoms with van der Waals surface area (Å²) in [6.07, 6.45) is 5.65. The number of carbonyl (C=O) groups is 1. The normalized spacial score (nSPS) is 26.6. The zero-order chi connectivity index (χ0) is 15.0. The number of amides is 1. The predicted molar refractivity (Wildman–Crippen MR) is 89.7 cm³/mol. The molecule has 0 spiro atoms. The van der Waals surface area contributed by atoms with Crippen molar-refractivity contribution < 1.29 is 4.79 Å². The molecule has 0 saturated carbocycles. The first-order valence-corrected chi connectivity index (χ1v) is 8.19. The molecular weight excluding hydrogens is 300 g/mol. The first-order chi connectivity index (χ1) is 10.1. The predicted octanol–water partition coefficient (Wildman–Crippen LogP) is 2.34. The highest BCUT2D eigenvalue weighted by molar-refractivity contribution is 5.96. The number of carbonyl (C=O) groups excluding carboxylic acids is 1. The number of hydrogen-bond acceptors (Lipinski definition) is 3. The second-order valence-corrected chi connectivity index (χ2v) is 6.55. The van der Waals surface area contributed by atoms with Crippen LogP contribution in [0.5, 0.6) is 0 Å². The lowest BCUT2D eigenvalue weighted by Gasteiger charge is -2.29. The lowest BCUT2D eigenvalue weighted by molar-refractivity contribution is 0.0922. The molecule has 2 aliphatic heterocycles. The Morgan fingerprint density at radius 3 is 2.55 bits per heavy atom. The van der Waals surface area contributed by atoms with E-state index in [1.165, 1.54) is 12.8 Å². The Bertz CT molecular complexity index is 530. The minimum Gasteiger partial charge on any atom is -0.349 e. The second kappa shape index (κ2) is 7.01. The van der Waals surface area contributed by atoms with Crippen molar-refractivity contribution in [3.05, 3.63) is 17.0 Å². The fraction of sp³-hybridized carbons (Fsp3) is 0.750. The van der Waals surface area contributed by atoms with Gasteiger partial charge in [0.1, 0.15) is 0 Å². The van der Waals surface area contributed by atoms with Gasteiger partial charge in [0.2, 0.25) is 0 Å². The van der Waals surface area contributed by atoms with Crippen LogP contribution in [-0.4, -0.2) is 33.8 Å². The number of aromatic nitrogens is 2. The zero-order valence-corrected chi connectivity index (χ0v) is 14.5. The highest BCUT2D eigenvalue weighted by atomic mass is 35.5. The summed E-state index contributed by atoms with van der Waals surface area (Å²) >= 11 is 0. The molecule has 5 nitrogen and oxygen atoms in total. The van der Waals surface area contributed by atoms with Crippen molar-refractivity contribution in [2.45, 2.75) is 77.5 Å². The maximum Gasteiger partial charge on any atom is 0.255 e. The minimum absolute atomic E-state index is 0. The van der Waals surface area contributed by atoms with Gasteiger partial charge in [0.05, 0.1) is 11.3 Å². The van der Waals surface area contributed by atoms with Crippen LogP contribution in [-0.2, 0) is 6.54 Å². The smallest absolute Gasteiger partial charge is 0.255 e. The van der Waals surface area contributed by atoms with Gasteiger partial charge >= 0.3 is 0 Å². The van der Waals surface area contributed by atoms with Gasteiger partial charge in [0.25, 0.3) is 5.91 Å². The molecule has 0 aromatic carbocycles. The zero-order valence-electron chi connectivity index (χ0n) is 13.7. The van der Waals surface area contributed by atoms with Crippen LogP contribution < -0.4 is 10.6 Å². The average Bonchev–Trinajstić information content (AvgIpc) is 2.90. The molecule has 6 heteroatoms. The second-order valence-electron chi connectivity index (χ2n) is 6.55. The summed E-state index contributed by atoms with van der Waals surface area (Å²) in [6, 6.07) is 1.50. The third kappa shape index (κ3) is 3.30. The SMILES string of the molecule is CCCn1nc(C)c(C(=O)NC2CC3CCC(C2)N3)c1C.Cl. The summed E-state index contributed by atoms with van der Waals surface area (Å²) in [5.41, 5.74) is 2.61. The molecule has 2 fully saturated rings. The van der Waals surface area contributed by atoms with Crippen LogP contribution in [0.2, 0.25) is 0 Å². The van der Waals surface area contributed by atoms with Gasteiger partial charge in [0.15, 0.2) is 0 Å². The van der Waals surface area contributed by atoms with Crippen molar-refractivity contribution in [2.24, 2.45) is 0 Å². The van der Waals surface area contributed by atoms with E-state index in [0.29, 0.717) is 18.1 Å². The van der Waals surface area contributed by atoms with Crippen LogP contribution in [0.15, 0.2) is 0 Å². The van der Waals surface area contributed by atoms with Crippen LogP contribution in [0, 0.1) is 13.8 Å². The molecule has 2 unspecified atom stereocenters. The fourth-order valence-corrected chi connectivity index (χ4v) is 3.89. The molecule has 2 N–H and O–H groups in total. The Kier molecular flexibility index (Phi) is 5.50. The summed E-state index contributed by atoms with van der Waals surface area (Å²) in [5.74, 6) is 0.0543. The van der Waals surface area contributed by atoms with Crippen LogP contribution in [0.1, 0.15) is 60.8 Å². The topological polar surface area (TPSA) is 59.0 Å². The number of rotatable bonds is 4. The van der Waals surface area contributed by atoms with Crippen molar-refractivity contribution in [2.75, 3.05) is 0 Å². The summed E-state index contributed by atoms with van der Waals surface area (Å²) in [7, 11) is 0. The number of hydrogen-bond donors (Lipinski definition) is 2. The van der Waals surface area contributed by atoms with Crippen LogP contribution >= 0.6 is 12.4 Å². The quantitative estimate of drug-likeness (QED) is 0.893. The number of nitrogens with zero attached hydrogens (tertiary/aromatic N) is 2. The van der Waals surface area contributed by atoms with Crippen molar-refractivity contribution in [1.82, 2.24) is 20.4 Å². The largest absolute Gasteiger partial charge is 0.349 e. The highest BCUT2D eigenvalue weighted by Crippen LogP contribution is 2.27. The molecule has 2 aliphatic rings. The van der Waals surface area contributed by atoms with Crippen molar-refractivity contribution >= 4 is 18.3 Å².